The molecule has 1 aliphatic rings. The molecule has 0 N–H and O–H groups in total. The first-order valence-electron chi connectivity index (χ1n) is 7.08. The van der Waals surface area contributed by atoms with Gasteiger partial charge in [0.15, 0.2) is 17.3 Å². The topological polar surface area (TPSA) is 96.5 Å². The van der Waals surface area contributed by atoms with E-state index in [-0.39, 0.29) is 18.0 Å². The smallest absolute Gasteiger partial charge is 0.312 e. The van der Waals surface area contributed by atoms with Gasteiger partial charge in [-0.2, -0.15) is 5.10 Å². The molecular formula is C15H15N3O5. The molecule has 1 aromatic heterocycles. The number of Topliss-reactive ketones (excluding diaryl/α,β-unsaturated/α-hetero) is 1. The normalized spacial score (nSPS) is 13.0. The van der Waals surface area contributed by atoms with E-state index >= 15 is 0 Å². The van der Waals surface area contributed by atoms with Gasteiger partial charge >= 0.3 is 5.69 Å². The van der Waals surface area contributed by atoms with Crippen molar-refractivity contribution < 1.29 is 19.2 Å². The van der Waals surface area contributed by atoms with Crippen molar-refractivity contribution in [2.75, 3.05) is 13.2 Å². The van der Waals surface area contributed by atoms with Crippen molar-refractivity contribution in [3.8, 4) is 11.5 Å². The SMILES string of the molecule is Cc1nn(CC(=O)c2ccc3c(c2)OCCO3)c(C)c1[N+](=O)[O-]. The Morgan fingerprint density at radius 1 is 1.30 bits per heavy atom. The fourth-order valence-electron chi connectivity index (χ4n) is 2.55. The lowest BCUT2D eigenvalue weighted by Crippen LogP contribution is -2.17. The molecule has 0 unspecified atom stereocenters. The Morgan fingerprint density at radius 3 is 2.65 bits per heavy atom. The van der Waals surface area contributed by atoms with Crippen LogP contribution in [-0.4, -0.2) is 33.7 Å². The maximum atomic E-state index is 12.4. The molecule has 0 atom stereocenters. The van der Waals surface area contributed by atoms with Crippen molar-refractivity contribution in [1.82, 2.24) is 9.78 Å². The van der Waals surface area contributed by atoms with Crippen molar-refractivity contribution >= 4 is 11.5 Å². The van der Waals surface area contributed by atoms with E-state index in [0.717, 1.165) is 0 Å². The minimum Gasteiger partial charge on any atom is -0.486 e. The van der Waals surface area contributed by atoms with Crippen LogP contribution in [0.2, 0.25) is 0 Å². The van der Waals surface area contributed by atoms with Crippen LogP contribution < -0.4 is 9.47 Å². The molecule has 0 aliphatic carbocycles. The third-order valence-corrected chi connectivity index (χ3v) is 3.68. The molecule has 8 nitrogen and oxygen atoms in total. The van der Waals surface area contributed by atoms with Crippen molar-refractivity contribution in [3.63, 3.8) is 0 Å². The van der Waals surface area contributed by atoms with E-state index in [1.165, 1.54) is 4.68 Å². The number of carbonyl (C=O) groups excluding carboxylic acids is 1. The van der Waals surface area contributed by atoms with Gasteiger partial charge in [0.25, 0.3) is 0 Å². The number of carbonyl (C=O) groups is 1. The van der Waals surface area contributed by atoms with Gasteiger partial charge in [0.05, 0.1) is 4.92 Å². The molecule has 2 heterocycles. The second-order valence-electron chi connectivity index (χ2n) is 5.22. The van der Waals surface area contributed by atoms with Gasteiger partial charge in [0.2, 0.25) is 0 Å². The predicted octanol–water partition coefficient (Wildman–Crippen LogP) is 2.06. The van der Waals surface area contributed by atoms with Gasteiger partial charge in [-0.15, -0.1) is 0 Å². The summed E-state index contributed by atoms with van der Waals surface area (Å²) in [5, 5.41) is 15.1. The highest BCUT2D eigenvalue weighted by molar-refractivity contribution is 5.96. The summed E-state index contributed by atoms with van der Waals surface area (Å²) >= 11 is 0. The molecule has 1 aliphatic heterocycles. The third kappa shape index (κ3) is 2.75. The first-order valence-corrected chi connectivity index (χ1v) is 7.08. The number of hydrogen-bond donors (Lipinski definition) is 0. The summed E-state index contributed by atoms with van der Waals surface area (Å²) in [7, 11) is 0. The largest absolute Gasteiger partial charge is 0.486 e. The van der Waals surface area contributed by atoms with Gasteiger partial charge in [-0.3, -0.25) is 19.6 Å². The number of ketones is 1. The minimum absolute atomic E-state index is 0.0556. The van der Waals surface area contributed by atoms with E-state index in [4.69, 9.17) is 9.47 Å². The molecule has 120 valence electrons. The predicted molar refractivity (Wildman–Crippen MR) is 80.1 cm³/mol. The van der Waals surface area contributed by atoms with E-state index < -0.39 is 4.92 Å². The van der Waals surface area contributed by atoms with Crippen LogP contribution in [0.3, 0.4) is 0 Å². The number of aromatic nitrogens is 2. The summed E-state index contributed by atoms with van der Waals surface area (Å²) in [5.41, 5.74) is 1.05. The van der Waals surface area contributed by atoms with Crippen LogP contribution in [0.1, 0.15) is 21.7 Å². The highest BCUT2D eigenvalue weighted by atomic mass is 16.6. The van der Waals surface area contributed by atoms with Gasteiger partial charge in [-0.05, 0) is 32.0 Å². The highest BCUT2D eigenvalue weighted by Gasteiger charge is 2.23. The molecule has 0 saturated heterocycles. The zero-order valence-corrected chi connectivity index (χ0v) is 12.7. The van der Waals surface area contributed by atoms with E-state index in [9.17, 15) is 14.9 Å². The average Bonchev–Trinajstić information content (AvgIpc) is 2.80. The molecule has 0 spiro atoms. The van der Waals surface area contributed by atoms with E-state index in [0.29, 0.717) is 41.7 Å². The second kappa shape index (κ2) is 5.71. The number of benzene rings is 1. The van der Waals surface area contributed by atoms with Gasteiger partial charge in [-0.1, -0.05) is 0 Å². The number of nitrogens with zero attached hydrogens (tertiary/aromatic N) is 3. The quantitative estimate of drug-likeness (QED) is 0.486. The zero-order valence-electron chi connectivity index (χ0n) is 12.7. The molecule has 23 heavy (non-hydrogen) atoms. The Morgan fingerprint density at radius 2 is 2.00 bits per heavy atom. The van der Waals surface area contributed by atoms with Crippen LogP contribution in [0, 0.1) is 24.0 Å². The standard InChI is InChI=1S/C15H15N3O5/c1-9-15(18(20)21)10(2)17(16-9)8-12(19)11-3-4-13-14(7-11)23-6-5-22-13/h3-4,7H,5-6,8H2,1-2H3. The highest BCUT2D eigenvalue weighted by Crippen LogP contribution is 2.31. The monoisotopic (exact) mass is 317 g/mol. The molecule has 3 rings (SSSR count). The number of ether oxygens (including phenoxy) is 2. The summed E-state index contributed by atoms with van der Waals surface area (Å²) in [5.74, 6) is 0.929. The second-order valence-corrected chi connectivity index (χ2v) is 5.22. The Kier molecular flexibility index (Phi) is 3.73. The summed E-state index contributed by atoms with van der Waals surface area (Å²) in [4.78, 5) is 22.9. The number of nitro groups is 1. The first kappa shape index (κ1) is 15.0. The molecule has 0 amide bonds. The van der Waals surface area contributed by atoms with Gasteiger partial charge < -0.3 is 9.47 Å². The summed E-state index contributed by atoms with van der Waals surface area (Å²) < 4.78 is 12.2. The Bertz CT molecular complexity index is 797. The van der Waals surface area contributed by atoms with Crippen molar-refractivity contribution in [1.29, 1.82) is 0 Å². The maximum Gasteiger partial charge on any atom is 0.312 e. The fraction of sp³-hybridized carbons (Fsp3) is 0.333. The van der Waals surface area contributed by atoms with E-state index in [2.05, 4.69) is 5.10 Å². The fourth-order valence-corrected chi connectivity index (χ4v) is 2.55. The van der Waals surface area contributed by atoms with Gasteiger partial charge in [-0.25, -0.2) is 0 Å². The van der Waals surface area contributed by atoms with Crippen LogP contribution in [0.5, 0.6) is 11.5 Å². The lowest BCUT2D eigenvalue weighted by Gasteiger charge is -2.18. The van der Waals surface area contributed by atoms with Crippen molar-refractivity contribution in [2.45, 2.75) is 20.4 Å². The molecule has 1 aromatic carbocycles. The van der Waals surface area contributed by atoms with E-state index in [1.54, 1.807) is 32.0 Å². The minimum atomic E-state index is -0.483. The molecule has 8 heteroatoms. The first-order chi connectivity index (χ1) is 11.0. The molecule has 0 saturated carbocycles. The summed E-state index contributed by atoms with van der Waals surface area (Å²) in [6, 6.07) is 4.96. The molecular weight excluding hydrogens is 302 g/mol. The third-order valence-electron chi connectivity index (χ3n) is 3.68. The maximum absolute atomic E-state index is 12.4. The van der Waals surface area contributed by atoms with Crippen LogP contribution in [0.25, 0.3) is 0 Å². The Hall–Kier alpha value is -2.90. The Labute approximate surface area is 131 Å². The number of fused-ring (bicyclic) bond motifs is 1. The van der Waals surface area contributed by atoms with Gasteiger partial charge in [0.1, 0.15) is 31.1 Å². The van der Waals surface area contributed by atoms with Gasteiger partial charge in [0, 0.05) is 5.56 Å². The van der Waals surface area contributed by atoms with Crippen LogP contribution in [-0.2, 0) is 6.54 Å². The average molecular weight is 317 g/mol. The van der Waals surface area contributed by atoms with Crippen molar-refractivity contribution in [3.05, 3.63) is 45.3 Å². The summed E-state index contributed by atoms with van der Waals surface area (Å²) in [6.45, 7) is 3.98. The van der Waals surface area contributed by atoms with Crippen molar-refractivity contribution in [2.24, 2.45) is 0 Å². The molecule has 2 aromatic rings. The number of aryl methyl sites for hydroxylation is 1. The number of hydrogen-bond acceptors (Lipinski definition) is 6. The lowest BCUT2D eigenvalue weighted by atomic mass is 10.1. The lowest BCUT2D eigenvalue weighted by molar-refractivity contribution is -0.386. The molecule has 0 fully saturated rings. The zero-order chi connectivity index (χ0) is 16.6. The Balaban J connectivity index is 1.85. The molecule has 0 bridgehead atoms. The molecule has 0 radical (unpaired) electrons. The summed E-state index contributed by atoms with van der Waals surface area (Å²) in [6.07, 6.45) is 0. The van der Waals surface area contributed by atoms with Crippen LogP contribution in [0.15, 0.2) is 18.2 Å². The van der Waals surface area contributed by atoms with E-state index in [1.807, 2.05) is 0 Å². The van der Waals surface area contributed by atoms with Crippen LogP contribution >= 0.6 is 0 Å². The van der Waals surface area contributed by atoms with Crippen LogP contribution in [0.4, 0.5) is 5.69 Å². The number of rotatable bonds is 4.